The van der Waals surface area contributed by atoms with Crippen molar-refractivity contribution in [3.05, 3.63) is 35.4 Å². The third-order valence-corrected chi connectivity index (χ3v) is 4.80. The molecule has 2 heterocycles. The Labute approximate surface area is 148 Å². The highest BCUT2D eigenvalue weighted by molar-refractivity contribution is 6.08. The van der Waals surface area contributed by atoms with Gasteiger partial charge < -0.3 is 9.64 Å². The number of carbonyl (C=O) groups excluding carboxylic acids is 2. The molecule has 6 heteroatoms. The number of esters is 1. The maximum atomic E-state index is 12.7. The number of ether oxygens (including phenoxy) is 1. The molecule has 0 aliphatic carbocycles. The number of amides is 1. The largest absolute Gasteiger partial charge is 0.465 e. The van der Waals surface area contributed by atoms with Crippen molar-refractivity contribution >= 4 is 17.8 Å². The van der Waals surface area contributed by atoms with Crippen LogP contribution in [-0.2, 0) is 14.3 Å². The molecule has 1 saturated heterocycles. The van der Waals surface area contributed by atoms with Crippen LogP contribution in [0.15, 0.2) is 29.3 Å². The van der Waals surface area contributed by atoms with Gasteiger partial charge in [0.1, 0.15) is 6.04 Å². The third kappa shape index (κ3) is 3.67. The van der Waals surface area contributed by atoms with Gasteiger partial charge in [-0.15, -0.1) is 0 Å². The van der Waals surface area contributed by atoms with Gasteiger partial charge >= 0.3 is 5.97 Å². The molecule has 1 fully saturated rings. The first-order chi connectivity index (χ1) is 12.1. The van der Waals surface area contributed by atoms with Gasteiger partial charge in [0.05, 0.1) is 6.61 Å². The zero-order chi connectivity index (χ0) is 17.8. The van der Waals surface area contributed by atoms with Crippen LogP contribution < -0.4 is 5.32 Å². The van der Waals surface area contributed by atoms with Crippen LogP contribution in [0.4, 0.5) is 0 Å². The number of likely N-dealkylation sites (tertiary alicyclic amines) is 1. The van der Waals surface area contributed by atoms with Crippen LogP contribution in [0.2, 0.25) is 0 Å². The van der Waals surface area contributed by atoms with Gasteiger partial charge in [-0.05, 0) is 44.2 Å². The fourth-order valence-electron chi connectivity index (χ4n) is 3.47. The van der Waals surface area contributed by atoms with Crippen molar-refractivity contribution in [1.29, 1.82) is 0 Å². The molecule has 1 aromatic rings. The quantitative estimate of drug-likeness (QED) is 0.675. The zero-order valence-electron chi connectivity index (χ0n) is 14.8. The number of guanidine groups is 1. The monoisotopic (exact) mass is 343 g/mol. The number of carbonyl (C=O) groups is 2. The number of nitrogens with zero attached hydrogens (tertiary/aromatic N) is 2. The van der Waals surface area contributed by atoms with Gasteiger partial charge in [0.15, 0.2) is 5.92 Å². The average Bonchev–Trinajstić information content (AvgIpc) is 2.62. The summed E-state index contributed by atoms with van der Waals surface area (Å²) in [6.45, 7) is 5.71. The second-order valence-corrected chi connectivity index (χ2v) is 6.52. The summed E-state index contributed by atoms with van der Waals surface area (Å²) in [7, 11) is 0. The Kier molecular flexibility index (Phi) is 5.36. The van der Waals surface area contributed by atoms with Crippen molar-refractivity contribution in [3.63, 3.8) is 0 Å². The minimum absolute atomic E-state index is 0.242. The van der Waals surface area contributed by atoms with E-state index in [2.05, 4.69) is 10.2 Å². The second kappa shape index (κ2) is 7.68. The molecule has 1 amide bonds. The van der Waals surface area contributed by atoms with Gasteiger partial charge in [-0.1, -0.05) is 24.3 Å². The highest BCUT2D eigenvalue weighted by Crippen LogP contribution is 2.33. The van der Waals surface area contributed by atoms with Crippen molar-refractivity contribution in [2.75, 3.05) is 19.7 Å². The Bertz CT molecular complexity index is 680. The summed E-state index contributed by atoms with van der Waals surface area (Å²) < 4.78 is 5.14. The van der Waals surface area contributed by atoms with E-state index in [1.54, 1.807) is 6.92 Å². The zero-order valence-corrected chi connectivity index (χ0v) is 14.8. The van der Waals surface area contributed by atoms with E-state index in [0.717, 1.165) is 37.1 Å². The number of hydrogen-bond acceptors (Lipinski definition) is 5. The van der Waals surface area contributed by atoms with Crippen LogP contribution in [0.25, 0.3) is 0 Å². The molecule has 0 aromatic heterocycles. The van der Waals surface area contributed by atoms with E-state index in [1.807, 2.05) is 31.2 Å². The number of hydrogen-bond donors (Lipinski definition) is 1. The fraction of sp³-hybridized carbons (Fsp3) is 0.526. The van der Waals surface area contributed by atoms with E-state index >= 15 is 0 Å². The van der Waals surface area contributed by atoms with Gasteiger partial charge in [0, 0.05) is 13.1 Å². The van der Waals surface area contributed by atoms with Gasteiger partial charge in [0.2, 0.25) is 11.9 Å². The standard InChI is InChI=1S/C19H25N3O3/c1-3-25-18(24)15-16(14-10-6-5-9-13(14)2)20-19(21-17(15)23)22-11-7-4-8-12-22/h5-6,9-10,15-16H,3-4,7-8,11-12H2,1-2H3,(H,20,21,23)/t15-,16-/m0/s1. The van der Waals surface area contributed by atoms with E-state index in [1.165, 1.54) is 6.42 Å². The lowest BCUT2D eigenvalue weighted by Crippen LogP contribution is -2.53. The predicted octanol–water partition coefficient (Wildman–Crippen LogP) is 2.19. The maximum absolute atomic E-state index is 12.7. The topological polar surface area (TPSA) is 71.0 Å². The van der Waals surface area contributed by atoms with Gasteiger partial charge in [-0.25, -0.2) is 4.99 Å². The molecule has 3 rings (SSSR count). The smallest absolute Gasteiger partial charge is 0.321 e. The average molecular weight is 343 g/mol. The van der Waals surface area contributed by atoms with Gasteiger partial charge in [0.25, 0.3) is 0 Å². The Morgan fingerprint density at radius 2 is 2.00 bits per heavy atom. The first kappa shape index (κ1) is 17.5. The first-order valence-corrected chi connectivity index (χ1v) is 8.97. The molecule has 0 bridgehead atoms. The summed E-state index contributed by atoms with van der Waals surface area (Å²) in [5, 5.41) is 2.83. The number of nitrogens with one attached hydrogen (secondary N) is 1. The lowest BCUT2D eigenvalue weighted by atomic mass is 9.89. The van der Waals surface area contributed by atoms with E-state index in [9.17, 15) is 9.59 Å². The molecule has 134 valence electrons. The molecule has 2 aliphatic rings. The fourth-order valence-corrected chi connectivity index (χ4v) is 3.47. The van der Waals surface area contributed by atoms with E-state index in [-0.39, 0.29) is 12.5 Å². The maximum Gasteiger partial charge on any atom is 0.321 e. The summed E-state index contributed by atoms with van der Waals surface area (Å²) >= 11 is 0. The molecule has 0 unspecified atom stereocenters. The van der Waals surface area contributed by atoms with E-state index in [4.69, 9.17) is 9.73 Å². The van der Waals surface area contributed by atoms with Crippen molar-refractivity contribution < 1.29 is 14.3 Å². The molecule has 2 aliphatic heterocycles. The molecular weight excluding hydrogens is 318 g/mol. The summed E-state index contributed by atoms with van der Waals surface area (Å²) in [6.07, 6.45) is 3.38. The van der Waals surface area contributed by atoms with Crippen LogP contribution in [-0.4, -0.2) is 42.4 Å². The molecule has 0 spiro atoms. The Morgan fingerprint density at radius 3 is 2.68 bits per heavy atom. The van der Waals surface area contributed by atoms with E-state index < -0.39 is 17.9 Å². The van der Waals surface area contributed by atoms with Crippen molar-refractivity contribution in [2.24, 2.45) is 10.9 Å². The molecule has 0 radical (unpaired) electrons. The third-order valence-electron chi connectivity index (χ3n) is 4.80. The Hall–Kier alpha value is -2.37. The number of benzene rings is 1. The first-order valence-electron chi connectivity index (χ1n) is 8.97. The molecule has 25 heavy (non-hydrogen) atoms. The minimum Gasteiger partial charge on any atom is -0.465 e. The summed E-state index contributed by atoms with van der Waals surface area (Å²) in [5.74, 6) is -1.22. The number of aryl methyl sites for hydroxylation is 1. The molecule has 2 atom stereocenters. The normalized spacial score (nSPS) is 23.7. The molecular formula is C19H25N3O3. The van der Waals surface area contributed by atoms with Crippen molar-refractivity contribution in [2.45, 2.75) is 39.2 Å². The predicted molar refractivity (Wildman–Crippen MR) is 95.0 cm³/mol. The number of aliphatic imine (C=N–C) groups is 1. The van der Waals surface area contributed by atoms with Crippen LogP contribution in [0.5, 0.6) is 0 Å². The van der Waals surface area contributed by atoms with Crippen LogP contribution in [0.3, 0.4) is 0 Å². The lowest BCUT2D eigenvalue weighted by molar-refractivity contribution is -0.153. The summed E-state index contributed by atoms with van der Waals surface area (Å²) in [4.78, 5) is 32.0. The highest BCUT2D eigenvalue weighted by Gasteiger charge is 2.42. The van der Waals surface area contributed by atoms with Crippen molar-refractivity contribution in [1.82, 2.24) is 10.2 Å². The molecule has 6 nitrogen and oxygen atoms in total. The molecule has 1 aromatic carbocycles. The summed E-state index contributed by atoms with van der Waals surface area (Å²) in [5.41, 5.74) is 1.91. The SMILES string of the molecule is CCOC(=O)[C@@H]1C(=O)NC(N2CCCCC2)=N[C@H]1c1ccccc1C. The van der Waals surface area contributed by atoms with E-state index in [0.29, 0.717) is 5.96 Å². The number of rotatable bonds is 3. The van der Waals surface area contributed by atoms with Crippen molar-refractivity contribution in [3.8, 4) is 0 Å². The van der Waals surface area contributed by atoms with Gasteiger partial charge in [-0.2, -0.15) is 0 Å². The highest BCUT2D eigenvalue weighted by atomic mass is 16.5. The Balaban J connectivity index is 1.99. The Morgan fingerprint density at radius 1 is 1.28 bits per heavy atom. The van der Waals surface area contributed by atoms with Crippen LogP contribution >= 0.6 is 0 Å². The lowest BCUT2D eigenvalue weighted by Gasteiger charge is -2.35. The van der Waals surface area contributed by atoms with Crippen LogP contribution in [0.1, 0.15) is 43.4 Å². The van der Waals surface area contributed by atoms with Crippen LogP contribution in [0, 0.1) is 12.8 Å². The minimum atomic E-state index is -0.949. The molecule has 0 saturated carbocycles. The summed E-state index contributed by atoms with van der Waals surface area (Å²) in [6, 6.07) is 7.21. The number of piperidine rings is 1. The molecule has 1 N–H and O–H groups in total. The van der Waals surface area contributed by atoms with Gasteiger partial charge in [-0.3, -0.25) is 14.9 Å². The second-order valence-electron chi connectivity index (χ2n) is 6.52.